The van der Waals surface area contributed by atoms with Gasteiger partial charge in [0.05, 0.1) is 15.8 Å². The predicted molar refractivity (Wildman–Crippen MR) is 132 cm³/mol. The fourth-order valence-corrected chi connectivity index (χ4v) is 4.11. The van der Waals surface area contributed by atoms with Crippen LogP contribution in [0.5, 0.6) is 0 Å². The molecular weight excluding hydrogens is 451 g/mol. The quantitative estimate of drug-likeness (QED) is 0.513. The summed E-state index contributed by atoms with van der Waals surface area (Å²) in [5.41, 5.74) is 2.81. The SMILES string of the molecule is Cc1ccc(CSCC(=O)N(Cc2ccc(Cl)c(Cl)c2)[C@H](C)C(=O)NC(C)(C)C)cc1. The van der Waals surface area contributed by atoms with Crippen molar-refractivity contribution < 1.29 is 9.59 Å². The molecule has 0 saturated carbocycles. The lowest BCUT2D eigenvalue weighted by Gasteiger charge is -2.31. The van der Waals surface area contributed by atoms with E-state index in [1.54, 1.807) is 24.0 Å². The Hall–Kier alpha value is -1.69. The number of nitrogens with one attached hydrogen (secondary N) is 1. The molecule has 2 aromatic rings. The second-order valence-corrected chi connectivity index (χ2v) is 10.5. The van der Waals surface area contributed by atoms with E-state index >= 15 is 0 Å². The molecule has 0 radical (unpaired) electrons. The number of amides is 2. The van der Waals surface area contributed by atoms with Crippen molar-refractivity contribution in [2.24, 2.45) is 0 Å². The number of rotatable bonds is 8. The summed E-state index contributed by atoms with van der Waals surface area (Å²) >= 11 is 13.7. The Kier molecular flexibility index (Phi) is 9.28. The van der Waals surface area contributed by atoms with E-state index in [2.05, 4.69) is 29.6 Å². The largest absolute Gasteiger partial charge is 0.350 e. The molecule has 2 rings (SSSR count). The Morgan fingerprint density at radius 2 is 1.65 bits per heavy atom. The summed E-state index contributed by atoms with van der Waals surface area (Å²) in [7, 11) is 0. The summed E-state index contributed by atoms with van der Waals surface area (Å²) in [4.78, 5) is 27.5. The van der Waals surface area contributed by atoms with Crippen molar-refractivity contribution in [1.82, 2.24) is 10.2 Å². The highest BCUT2D eigenvalue weighted by Crippen LogP contribution is 2.24. The van der Waals surface area contributed by atoms with Crippen LogP contribution in [-0.2, 0) is 21.9 Å². The lowest BCUT2D eigenvalue weighted by Crippen LogP contribution is -2.52. The molecule has 0 aromatic heterocycles. The van der Waals surface area contributed by atoms with Gasteiger partial charge in [-0.1, -0.05) is 59.1 Å². The molecule has 31 heavy (non-hydrogen) atoms. The van der Waals surface area contributed by atoms with Gasteiger partial charge in [0.25, 0.3) is 0 Å². The van der Waals surface area contributed by atoms with Crippen molar-refractivity contribution in [3.63, 3.8) is 0 Å². The van der Waals surface area contributed by atoms with Crippen molar-refractivity contribution >= 4 is 46.8 Å². The van der Waals surface area contributed by atoms with Crippen LogP contribution in [0.15, 0.2) is 42.5 Å². The minimum atomic E-state index is -0.624. The molecule has 2 aromatic carbocycles. The monoisotopic (exact) mass is 480 g/mol. The molecule has 2 amide bonds. The highest BCUT2D eigenvalue weighted by atomic mass is 35.5. The molecular formula is C24H30Cl2N2O2S. The Morgan fingerprint density at radius 3 is 2.23 bits per heavy atom. The first-order valence-corrected chi connectivity index (χ1v) is 12.1. The van der Waals surface area contributed by atoms with Crippen LogP contribution in [0.4, 0.5) is 0 Å². The zero-order valence-corrected chi connectivity index (χ0v) is 21.0. The van der Waals surface area contributed by atoms with Crippen LogP contribution in [0.2, 0.25) is 10.0 Å². The van der Waals surface area contributed by atoms with Gasteiger partial charge in [0.15, 0.2) is 0 Å². The normalized spacial score (nSPS) is 12.4. The number of aryl methyl sites for hydroxylation is 1. The molecule has 0 saturated heterocycles. The molecule has 168 valence electrons. The number of carbonyl (C=O) groups is 2. The van der Waals surface area contributed by atoms with Gasteiger partial charge in [-0.25, -0.2) is 0 Å². The maximum absolute atomic E-state index is 13.1. The van der Waals surface area contributed by atoms with Crippen molar-refractivity contribution in [2.45, 2.75) is 58.5 Å². The Morgan fingerprint density at radius 1 is 1.03 bits per heavy atom. The zero-order valence-electron chi connectivity index (χ0n) is 18.7. The van der Waals surface area contributed by atoms with Crippen LogP contribution in [0.1, 0.15) is 44.4 Å². The Labute approximate surface area is 199 Å². The van der Waals surface area contributed by atoms with Crippen molar-refractivity contribution in [3.8, 4) is 0 Å². The molecule has 0 aliphatic carbocycles. The van der Waals surface area contributed by atoms with Gasteiger partial charge in [0, 0.05) is 17.8 Å². The van der Waals surface area contributed by atoms with Crippen LogP contribution in [0, 0.1) is 6.92 Å². The lowest BCUT2D eigenvalue weighted by molar-refractivity contribution is -0.139. The summed E-state index contributed by atoms with van der Waals surface area (Å²) in [6.45, 7) is 9.83. The van der Waals surface area contributed by atoms with Gasteiger partial charge in [-0.3, -0.25) is 9.59 Å². The van der Waals surface area contributed by atoms with Crippen LogP contribution in [0.3, 0.4) is 0 Å². The summed E-state index contributed by atoms with van der Waals surface area (Å²) in [5.74, 6) is 0.724. The molecule has 0 bridgehead atoms. The third-order valence-electron chi connectivity index (χ3n) is 4.62. The fourth-order valence-electron chi connectivity index (χ4n) is 2.91. The molecule has 1 N–H and O–H groups in total. The Bertz CT molecular complexity index is 911. The number of hydrogen-bond donors (Lipinski definition) is 1. The van der Waals surface area contributed by atoms with Crippen LogP contribution >= 0.6 is 35.0 Å². The minimum absolute atomic E-state index is 0.0975. The highest BCUT2D eigenvalue weighted by Gasteiger charge is 2.28. The molecule has 7 heteroatoms. The molecule has 4 nitrogen and oxygen atoms in total. The van der Waals surface area contributed by atoms with E-state index in [9.17, 15) is 9.59 Å². The van der Waals surface area contributed by atoms with Crippen molar-refractivity contribution in [1.29, 1.82) is 0 Å². The maximum Gasteiger partial charge on any atom is 0.242 e. The van der Waals surface area contributed by atoms with Gasteiger partial charge >= 0.3 is 0 Å². The van der Waals surface area contributed by atoms with E-state index in [-0.39, 0.29) is 29.7 Å². The summed E-state index contributed by atoms with van der Waals surface area (Å²) < 4.78 is 0. The number of halogens is 2. The topological polar surface area (TPSA) is 49.4 Å². The van der Waals surface area contributed by atoms with Crippen LogP contribution in [-0.4, -0.2) is 34.0 Å². The Balaban J connectivity index is 2.12. The molecule has 0 aliphatic rings. The number of carbonyl (C=O) groups excluding carboxylic acids is 2. The van der Waals surface area contributed by atoms with Gasteiger partial charge < -0.3 is 10.2 Å². The second-order valence-electron chi connectivity index (χ2n) is 8.66. The molecule has 1 atom stereocenters. The van der Waals surface area contributed by atoms with Crippen molar-refractivity contribution in [2.75, 3.05) is 5.75 Å². The zero-order chi connectivity index (χ0) is 23.2. The van der Waals surface area contributed by atoms with E-state index in [1.165, 1.54) is 17.3 Å². The third-order valence-corrected chi connectivity index (χ3v) is 6.34. The summed E-state index contributed by atoms with van der Waals surface area (Å²) in [6.07, 6.45) is 0. The highest BCUT2D eigenvalue weighted by molar-refractivity contribution is 7.99. The standard InChI is InChI=1S/C24H30Cl2N2O2S/c1-16-6-8-18(9-7-16)14-31-15-22(29)28(17(2)23(30)27-24(3,4)5)13-19-10-11-20(25)21(26)12-19/h6-12,17H,13-15H2,1-5H3,(H,27,30)/t17-/m1/s1. The van der Waals surface area contributed by atoms with E-state index < -0.39 is 6.04 Å². The first-order valence-electron chi connectivity index (χ1n) is 10.1. The summed E-state index contributed by atoms with van der Waals surface area (Å²) in [5, 5.41) is 3.84. The number of hydrogen-bond acceptors (Lipinski definition) is 3. The average Bonchev–Trinajstić information content (AvgIpc) is 2.68. The van der Waals surface area contributed by atoms with E-state index in [0.29, 0.717) is 10.0 Å². The van der Waals surface area contributed by atoms with Crippen LogP contribution < -0.4 is 5.32 Å². The van der Waals surface area contributed by atoms with E-state index in [0.717, 1.165) is 16.9 Å². The number of nitrogens with zero attached hydrogens (tertiary/aromatic N) is 1. The number of thioether (sulfide) groups is 1. The molecule has 0 spiro atoms. The fraction of sp³-hybridized carbons (Fsp3) is 0.417. The molecule has 0 aliphatic heterocycles. The summed E-state index contributed by atoms with van der Waals surface area (Å²) in [6, 6.07) is 12.9. The van der Waals surface area contributed by atoms with Gasteiger partial charge in [-0.05, 0) is 57.9 Å². The predicted octanol–water partition coefficient (Wildman–Crippen LogP) is 5.87. The van der Waals surface area contributed by atoms with Crippen molar-refractivity contribution in [3.05, 3.63) is 69.2 Å². The van der Waals surface area contributed by atoms with Gasteiger partial charge in [-0.2, -0.15) is 0 Å². The third kappa shape index (κ3) is 8.40. The number of benzene rings is 2. The van der Waals surface area contributed by atoms with Gasteiger partial charge in [-0.15, -0.1) is 11.8 Å². The first-order chi connectivity index (χ1) is 14.5. The van der Waals surface area contributed by atoms with Gasteiger partial charge in [0.2, 0.25) is 11.8 Å². The van der Waals surface area contributed by atoms with Crippen LogP contribution in [0.25, 0.3) is 0 Å². The lowest BCUT2D eigenvalue weighted by atomic mass is 10.1. The van der Waals surface area contributed by atoms with Gasteiger partial charge in [0.1, 0.15) is 6.04 Å². The van der Waals surface area contributed by atoms with E-state index in [4.69, 9.17) is 23.2 Å². The molecule has 0 unspecified atom stereocenters. The molecule has 0 heterocycles. The first kappa shape index (κ1) is 25.6. The second kappa shape index (κ2) is 11.3. The average molecular weight is 481 g/mol. The van der Waals surface area contributed by atoms with E-state index in [1.807, 2.05) is 33.8 Å². The molecule has 0 fully saturated rings. The minimum Gasteiger partial charge on any atom is -0.350 e. The smallest absolute Gasteiger partial charge is 0.242 e. The maximum atomic E-state index is 13.1.